The molecule has 0 radical (unpaired) electrons. The van der Waals surface area contributed by atoms with Crippen LogP contribution in [-0.2, 0) is 4.79 Å². The molecule has 1 heteroatoms. The number of allylic oxidation sites excluding steroid dienone is 5. The molecule has 0 heterocycles. The van der Waals surface area contributed by atoms with Gasteiger partial charge in [0.15, 0.2) is 5.78 Å². The van der Waals surface area contributed by atoms with Gasteiger partial charge in [0.05, 0.1) is 0 Å². The van der Waals surface area contributed by atoms with E-state index in [1.54, 1.807) is 6.08 Å². The van der Waals surface area contributed by atoms with E-state index in [4.69, 9.17) is 0 Å². The van der Waals surface area contributed by atoms with E-state index in [0.717, 1.165) is 12.8 Å². The lowest BCUT2D eigenvalue weighted by Crippen LogP contribution is -1.93. The number of unbranched alkanes of at least 4 members (excludes halogenated alkanes) is 1. The first-order valence-electron chi connectivity index (χ1n) is 5.56. The monoisotopic (exact) mass is 206 g/mol. The van der Waals surface area contributed by atoms with Gasteiger partial charge in [-0.15, -0.1) is 0 Å². The molecule has 0 aliphatic carbocycles. The van der Waals surface area contributed by atoms with Crippen LogP contribution in [0.5, 0.6) is 0 Å². The van der Waals surface area contributed by atoms with Gasteiger partial charge in [-0.05, 0) is 31.8 Å². The Labute approximate surface area is 93.6 Å². The maximum absolute atomic E-state index is 11.3. The molecule has 0 aliphatic heterocycles. The third-order valence-electron chi connectivity index (χ3n) is 2.08. The average molecular weight is 206 g/mol. The Morgan fingerprint density at radius 3 is 2.60 bits per heavy atom. The topological polar surface area (TPSA) is 17.1 Å². The molecule has 0 aromatic heterocycles. The first-order chi connectivity index (χ1) is 7.06. The molecule has 0 aliphatic rings. The normalized spacial score (nSPS) is 12.4. The molecule has 84 valence electrons. The number of carbonyl (C=O) groups is 1. The minimum absolute atomic E-state index is 0.230. The second-order valence-corrected chi connectivity index (χ2v) is 4.11. The summed E-state index contributed by atoms with van der Waals surface area (Å²) in [5.41, 5.74) is 1.18. The van der Waals surface area contributed by atoms with E-state index in [1.807, 2.05) is 19.1 Å². The molecule has 0 saturated heterocycles. The van der Waals surface area contributed by atoms with Crippen molar-refractivity contribution in [1.82, 2.24) is 0 Å². The number of hydrogen-bond acceptors (Lipinski definition) is 1. The molecular weight excluding hydrogens is 184 g/mol. The summed E-state index contributed by atoms with van der Waals surface area (Å²) in [5.74, 6) is 0.685. The lowest BCUT2D eigenvalue weighted by Gasteiger charge is -1.96. The fraction of sp³-hybridized carbons (Fsp3) is 0.500. The highest BCUT2D eigenvalue weighted by Crippen LogP contribution is 2.03. The van der Waals surface area contributed by atoms with Crippen LogP contribution in [0.2, 0.25) is 0 Å². The van der Waals surface area contributed by atoms with E-state index in [-0.39, 0.29) is 5.78 Å². The van der Waals surface area contributed by atoms with Gasteiger partial charge in [-0.2, -0.15) is 0 Å². The Balaban J connectivity index is 3.69. The smallest absolute Gasteiger partial charge is 0.155 e. The van der Waals surface area contributed by atoms with E-state index in [1.165, 1.54) is 5.57 Å². The van der Waals surface area contributed by atoms with Crippen LogP contribution in [0.25, 0.3) is 0 Å². The molecule has 0 N–H and O–H groups in total. The second-order valence-electron chi connectivity index (χ2n) is 4.11. The van der Waals surface area contributed by atoms with Gasteiger partial charge in [-0.3, -0.25) is 4.79 Å². The van der Waals surface area contributed by atoms with Gasteiger partial charge in [-0.25, -0.2) is 0 Å². The van der Waals surface area contributed by atoms with Crippen LogP contribution >= 0.6 is 0 Å². The van der Waals surface area contributed by atoms with Gasteiger partial charge in [0.1, 0.15) is 0 Å². The molecule has 0 unspecified atom stereocenters. The SMILES string of the molecule is C=C/C(C)=C/CCCC(=O)/C=C\C(C)C. The summed E-state index contributed by atoms with van der Waals surface area (Å²) < 4.78 is 0. The Bertz CT molecular complexity index is 257. The quantitative estimate of drug-likeness (QED) is 0.348. The zero-order valence-corrected chi connectivity index (χ0v) is 10.1. The minimum Gasteiger partial charge on any atom is -0.295 e. The second kappa shape index (κ2) is 8.22. The van der Waals surface area contributed by atoms with Crippen LogP contribution in [0, 0.1) is 5.92 Å². The molecule has 0 aromatic carbocycles. The summed E-state index contributed by atoms with van der Waals surface area (Å²) >= 11 is 0. The Morgan fingerprint density at radius 2 is 2.07 bits per heavy atom. The van der Waals surface area contributed by atoms with Crippen LogP contribution in [0.4, 0.5) is 0 Å². The zero-order valence-electron chi connectivity index (χ0n) is 10.1. The third kappa shape index (κ3) is 9.20. The van der Waals surface area contributed by atoms with Crippen LogP contribution in [0.15, 0.2) is 36.5 Å². The van der Waals surface area contributed by atoms with Gasteiger partial charge >= 0.3 is 0 Å². The van der Waals surface area contributed by atoms with Gasteiger partial charge in [-0.1, -0.05) is 44.2 Å². The van der Waals surface area contributed by atoms with Crippen molar-refractivity contribution in [3.8, 4) is 0 Å². The summed E-state index contributed by atoms with van der Waals surface area (Å²) in [7, 11) is 0. The van der Waals surface area contributed by atoms with E-state index >= 15 is 0 Å². The van der Waals surface area contributed by atoms with Crippen molar-refractivity contribution < 1.29 is 4.79 Å². The van der Waals surface area contributed by atoms with Crippen molar-refractivity contribution in [2.24, 2.45) is 5.92 Å². The fourth-order valence-corrected chi connectivity index (χ4v) is 1.07. The summed E-state index contributed by atoms with van der Waals surface area (Å²) in [6.45, 7) is 9.84. The van der Waals surface area contributed by atoms with Gasteiger partial charge in [0.25, 0.3) is 0 Å². The molecule has 0 bridgehead atoms. The van der Waals surface area contributed by atoms with Crippen molar-refractivity contribution in [3.63, 3.8) is 0 Å². The van der Waals surface area contributed by atoms with Crippen LogP contribution in [0.3, 0.4) is 0 Å². The number of carbonyl (C=O) groups excluding carboxylic acids is 1. The fourth-order valence-electron chi connectivity index (χ4n) is 1.07. The average Bonchev–Trinajstić information content (AvgIpc) is 2.21. The lowest BCUT2D eigenvalue weighted by molar-refractivity contribution is -0.114. The zero-order chi connectivity index (χ0) is 11.7. The molecule has 0 saturated carbocycles. The largest absolute Gasteiger partial charge is 0.295 e. The van der Waals surface area contributed by atoms with E-state index in [2.05, 4.69) is 26.5 Å². The van der Waals surface area contributed by atoms with E-state index in [9.17, 15) is 4.79 Å². The Hall–Kier alpha value is -1.11. The Morgan fingerprint density at radius 1 is 1.40 bits per heavy atom. The number of hydrogen-bond donors (Lipinski definition) is 0. The standard InChI is InChI=1S/C14H22O/c1-5-13(4)8-6-7-9-14(15)11-10-12(2)3/h5,8,10-12H,1,6-7,9H2,2-4H3/b11-10-,13-8+. The molecule has 0 spiro atoms. The van der Waals surface area contributed by atoms with Crippen LogP contribution < -0.4 is 0 Å². The molecule has 0 rings (SSSR count). The predicted molar refractivity (Wildman–Crippen MR) is 66.8 cm³/mol. The number of ketones is 1. The molecule has 15 heavy (non-hydrogen) atoms. The Kier molecular flexibility index (Phi) is 7.61. The highest BCUT2D eigenvalue weighted by molar-refractivity contribution is 5.89. The predicted octanol–water partition coefficient (Wildman–Crippen LogP) is 4.07. The summed E-state index contributed by atoms with van der Waals surface area (Å²) in [4.78, 5) is 11.3. The summed E-state index contributed by atoms with van der Waals surface area (Å²) in [6, 6.07) is 0. The van der Waals surface area contributed by atoms with Crippen molar-refractivity contribution >= 4 is 5.78 Å². The molecule has 0 fully saturated rings. The summed E-state index contributed by atoms with van der Waals surface area (Å²) in [5, 5.41) is 0. The third-order valence-corrected chi connectivity index (χ3v) is 2.08. The molecule has 1 nitrogen and oxygen atoms in total. The first kappa shape index (κ1) is 13.9. The molecule has 0 atom stereocenters. The van der Waals surface area contributed by atoms with Crippen LogP contribution in [0.1, 0.15) is 40.0 Å². The van der Waals surface area contributed by atoms with Crippen molar-refractivity contribution in [2.45, 2.75) is 40.0 Å². The highest BCUT2D eigenvalue weighted by Gasteiger charge is 1.96. The van der Waals surface area contributed by atoms with Crippen molar-refractivity contribution in [3.05, 3.63) is 36.5 Å². The minimum atomic E-state index is 0.230. The van der Waals surface area contributed by atoms with E-state index in [0.29, 0.717) is 12.3 Å². The van der Waals surface area contributed by atoms with Crippen molar-refractivity contribution in [2.75, 3.05) is 0 Å². The van der Waals surface area contributed by atoms with Gasteiger partial charge in [0.2, 0.25) is 0 Å². The van der Waals surface area contributed by atoms with Gasteiger partial charge in [0, 0.05) is 6.42 Å². The van der Waals surface area contributed by atoms with Crippen molar-refractivity contribution in [1.29, 1.82) is 0 Å². The maximum atomic E-state index is 11.3. The number of rotatable bonds is 7. The van der Waals surface area contributed by atoms with E-state index < -0.39 is 0 Å². The maximum Gasteiger partial charge on any atom is 0.155 e. The molecular formula is C14H22O. The molecule has 0 aromatic rings. The lowest BCUT2D eigenvalue weighted by atomic mass is 10.1. The van der Waals surface area contributed by atoms with Gasteiger partial charge < -0.3 is 0 Å². The highest BCUT2D eigenvalue weighted by atomic mass is 16.1. The van der Waals surface area contributed by atoms with Crippen LogP contribution in [-0.4, -0.2) is 5.78 Å². The first-order valence-corrected chi connectivity index (χ1v) is 5.56. The molecule has 0 amide bonds. The summed E-state index contributed by atoms with van der Waals surface area (Å²) in [6.07, 6.45) is 10.1.